The smallest absolute Gasteiger partial charge is 0.318 e. The third kappa shape index (κ3) is 1.61. The van der Waals surface area contributed by atoms with Crippen LogP contribution in [0.15, 0.2) is 0 Å². The summed E-state index contributed by atoms with van der Waals surface area (Å²) in [4.78, 5) is 13.9. The van der Waals surface area contributed by atoms with Crippen LogP contribution in [0.25, 0.3) is 0 Å². The van der Waals surface area contributed by atoms with E-state index in [0.717, 1.165) is 44.9 Å². The molecule has 1 saturated carbocycles. The van der Waals surface area contributed by atoms with Crippen molar-refractivity contribution in [2.24, 2.45) is 5.92 Å². The van der Waals surface area contributed by atoms with Crippen molar-refractivity contribution in [2.45, 2.75) is 31.2 Å². The van der Waals surface area contributed by atoms with Crippen molar-refractivity contribution in [3.8, 4) is 0 Å². The van der Waals surface area contributed by atoms with Gasteiger partial charge in [0.1, 0.15) is 0 Å². The standard InChI is InChI=1S/C11H19N3O/c15-10-13-8-11(3-5-12-6-4-11)14(10)7-9-1-2-9/h9,12H,1-8H2,(H,13,15). The number of nitrogens with one attached hydrogen (secondary N) is 2. The van der Waals surface area contributed by atoms with Crippen LogP contribution in [0.4, 0.5) is 4.79 Å². The first-order valence-electron chi connectivity index (χ1n) is 6.06. The molecule has 3 aliphatic rings. The maximum absolute atomic E-state index is 11.8. The van der Waals surface area contributed by atoms with E-state index >= 15 is 0 Å². The SMILES string of the molecule is O=C1NCC2(CCNCC2)N1CC1CC1. The molecule has 0 radical (unpaired) electrons. The fraction of sp³-hybridized carbons (Fsp3) is 0.909. The van der Waals surface area contributed by atoms with Gasteiger partial charge in [0, 0.05) is 13.1 Å². The molecule has 0 unspecified atom stereocenters. The van der Waals surface area contributed by atoms with Gasteiger partial charge in [0.15, 0.2) is 0 Å². The molecule has 0 aromatic rings. The Morgan fingerprint density at radius 2 is 2.07 bits per heavy atom. The van der Waals surface area contributed by atoms with Crippen molar-refractivity contribution in [3.63, 3.8) is 0 Å². The number of urea groups is 1. The van der Waals surface area contributed by atoms with E-state index in [1.807, 2.05) is 0 Å². The summed E-state index contributed by atoms with van der Waals surface area (Å²) in [5.41, 5.74) is 0.144. The summed E-state index contributed by atoms with van der Waals surface area (Å²) >= 11 is 0. The van der Waals surface area contributed by atoms with E-state index in [0.29, 0.717) is 0 Å². The lowest BCUT2D eigenvalue weighted by molar-refractivity contribution is 0.121. The Bertz CT molecular complexity index is 269. The minimum Gasteiger partial charge on any atom is -0.336 e. The van der Waals surface area contributed by atoms with Crippen molar-refractivity contribution < 1.29 is 4.79 Å². The molecule has 0 aromatic carbocycles. The molecule has 15 heavy (non-hydrogen) atoms. The van der Waals surface area contributed by atoms with E-state index in [9.17, 15) is 4.79 Å². The normalized spacial score (nSPS) is 29.6. The molecule has 2 saturated heterocycles. The fourth-order valence-electron chi connectivity index (χ4n) is 2.82. The summed E-state index contributed by atoms with van der Waals surface area (Å²) in [5.74, 6) is 0.792. The van der Waals surface area contributed by atoms with Crippen molar-refractivity contribution in [3.05, 3.63) is 0 Å². The van der Waals surface area contributed by atoms with Crippen molar-refractivity contribution in [2.75, 3.05) is 26.2 Å². The van der Waals surface area contributed by atoms with Gasteiger partial charge in [-0.25, -0.2) is 4.79 Å². The van der Waals surface area contributed by atoms with Crippen LogP contribution >= 0.6 is 0 Å². The zero-order valence-corrected chi connectivity index (χ0v) is 9.09. The quantitative estimate of drug-likeness (QED) is 0.697. The second-order valence-electron chi connectivity index (χ2n) is 5.19. The Kier molecular flexibility index (Phi) is 2.12. The number of carbonyl (C=O) groups excluding carboxylic acids is 1. The second kappa shape index (κ2) is 3.37. The topological polar surface area (TPSA) is 44.4 Å². The van der Waals surface area contributed by atoms with E-state index in [-0.39, 0.29) is 11.6 Å². The Morgan fingerprint density at radius 1 is 1.33 bits per heavy atom. The van der Waals surface area contributed by atoms with Crippen LogP contribution in [0.3, 0.4) is 0 Å². The van der Waals surface area contributed by atoms with Crippen molar-refractivity contribution in [1.82, 2.24) is 15.5 Å². The molecule has 0 bridgehead atoms. The first kappa shape index (κ1) is 9.46. The van der Waals surface area contributed by atoms with Gasteiger partial charge in [0.25, 0.3) is 0 Å². The number of hydrogen-bond donors (Lipinski definition) is 2. The number of rotatable bonds is 2. The average molecular weight is 209 g/mol. The number of carbonyl (C=O) groups is 1. The zero-order chi connectivity index (χ0) is 10.3. The summed E-state index contributed by atoms with van der Waals surface area (Å²) in [6.45, 7) is 3.96. The predicted octanol–water partition coefficient (Wildman–Crippen LogP) is 0.544. The van der Waals surface area contributed by atoms with Crippen LogP contribution in [0, 0.1) is 5.92 Å². The van der Waals surface area contributed by atoms with Crippen molar-refractivity contribution in [1.29, 1.82) is 0 Å². The first-order valence-corrected chi connectivity index (χ1v) is 6.06. The molecule has 1 aliphatic carbocycles. The minimum atomic E-state index is 0.144. The Morgan fingerprint density at radius 3 is 2.73 bits per heavy atom. The first-order chi connectivity index (χ1) is 7.30. The number of piperidine rings is 1. The summed E-state index contributed by atoms with van der Waals surface area (Å²) in [6.07, 6.45) is 4.85. The van der Waals surface area contributed by atoms with Crippen LogP contribution in [0.2, 0.25) is 0 Å². The molecule has 2 amide bonds. The number of nitrogens with zero attached hydrogens (tertiary/aromatic N) is 1. The Hall–Kier alpha value is -0.770. The Balaban J connectivity index is 1.76. The van der Waals surface area contributed by atoms with Crippen LogP contribution in [0.5, 0.6) is 0 Å². The van der Waals surface area contributed by atoms with Crippen LogP contribution in [-0.4, -0.2) is 42.6 Å². The molecule has 3 rings (SSSR count). The summed E-state index contributed by atoms with van der Waals surface area (Å²) in [5, 5.41) is 6.40. The van der Waals surface area contributed by atoms with E-state index in [1.54, 1.807) is 0 Å². The summed E-state index contributed by atoms with van der Waals surface area (Å²) in [7, 11) is 0. The van der Waals surface area contributed by atoms with Gasteiger partial charge >= 0.3 is 6.03 Å². The molecule has 4 heteroatoms. The highest BCUT2D eigenvalue weighted by atomic mass is 16.2. The van der Waals surface area contributed by atoms with E-state index in [1.165, 1.54) is 12.8 Å². The number of hydrogen-bond acceptors (Lipinski definition) is 2. The zero-order valence-electron chi connectivity index (χ0n) is 9.09. The van der Waals surface area contributed by atoms with Gasteiger partial charge in [-0.1, -0.05) is 0 Å². The van der Waals surface area contributed by atoms with E-state index in [4.69, 9.17) is 0 Å². The molecule has 2 N–H and O–H groups in total. The van der Waals surface area contributed by atoms with Gasteiger partial charge in [0.05, 0.1) is 5.54 Å². The maximum atomic E-state index is 11.8. The van der Waals surface area contributed by atoms with Gasteiger partial charge in [-0.05, 0) is 44.7 Å². The molecule has 4 nitrogen and oxygen atoms in total. The lowest BCUT2D eigenvalue weighted by atomic mass is 9.87. The van der Waals surface area contributed by atoms with Crippen LogP contribution < -0.4 is 10.6 Å². The van der Waals surface area contributed by atoms with Gasteiger partial charge in [-0.15, -0.1) is 0 Å². The monoisotopic (exact) mass is 209 g/mol. The Labute approximate surface area is 90.4 Å². The van der Waals surface area contributed by atoms with Crippen LogP contribution in [0.1, 0.15) is 25.7 Å². The van der Waals surface area contributed by atoms with Gasteiger partial charge < -0.3 is 15.5 Å². The average Bonchev–Trinajstić information content (AvgIpc) is 3.03. The molecule has 2 aliphatic heterocycles. The molecule has 84 valence electrons. The molecule has 1 spiro atoms. The second-order valence-corrected chi connectivity index (χ2v) is 5.19. The predicted molar refractivity (Wildman–Crippen MR) is 57.7 cm³/mol. The number of amides is 2. The molecular formula is C11H19N3O. The molecule has 0 aromatic heterocycles. The highest BCUT2D eigenvalue weighted by Crippen LogP contribution is 2.36. The van der Waals surface area contributed by atoms with E-state index < -0.39 is 0 Å². The van der Waals surface area contributed by atoms with Crippen LogP contribution in [-0.2, 0) is 0 Å². The molecule has 3 fully saturated rings. The highest BCUT2D eigenvalue weighted by molar-refractivity contribution is 5.78. The highest BCUT2D eigenvalue weighted by Gasteiger charge is 2.47. The lowest BCUT2D eigenvalue weighted by Crippen LogP contribution is -2.54. The maximum Gasteiger partial charge on any atom is 0.318 e. The van der Waals surface area contributed by atoms with Gasteiger partial charge in [-0.3, -0.25) is 0 Å². The summed E-state index contributed by atoms with van der Waals surface area (Å²) in [6, 6.07) is 0.170. The lowest BCUT2D eigenvalue weighted by Gasteiger charge is -2.40. The third-order valence-electron chi connectivity index (χ3n) is 4.06. The molecule has 2 heterocycles. The largest absolute Gasteiger partial charge is 0.336 e. The van der Waals surface area contributed by atoms with E-state index in [2.05, 4.69) is 15.5 Å². The third-order valence-corrected chi connectivity index (χ3v) is 4.06. The summed E-state index contributed by atoms with van der Waals surface area (Å²) < 4.78 is 0. The molecule has 0 atom stereocenters. The fourth-order valence-corrected chi connectivity index (χ4v) is 2.82. The molecular weight excluding hydrogens is 190 g/mol. The van der Waals surface area contributed by atoms with Gasteiger partial charge in [-0.2, -0.15) is 0 Å². The van der Waals surface area contributed by atoms with Crippen molar-refractivity contribution >= 4 is 6.03 Å². The minimum absolute atomic E-state index is 0.144. The van der Waals surface area contributed by atoms with Gasteiger partial charge in [0.2, 0.25) is 0 Å².